The van der Waals surface area contributed by atoms with Gasteiger partial charge < -0.3 is 14.8 Å². The maximum absolute atomic E-state index is 13.5. The summed E-state index contributed by atoms with van der Waals surface area (Å²) in [7, 11) is 0. The predicted molar refractivity (Wildman–Crippen MR) is 131 cm³/mol. The van der Waals surface area contributed by atoms with Gasteiger partial charge in [0.2, 0.25) is 0 Å². The number of hydrogen-bond acceptors (Lipinski definition) is 4. The van der Waals surface area contributed by atoms with Gasteiger partial charge >= 0.3 is 0 Å². The zero-order chi connectivity index (χ0) is 23.6. The maximum Gasteiger partial charge on any atom is 0.149 e. The topological polar surface area (TPSA) is 43.4 Å². The first-order valence-electron chi connectivity index (χ1n) is 11.4. The lowest BCUT2D eigenvalue weighted by Crippen LogP contribution is -2.19. The van der Waals surface area contributed by atoms with Gasteiger partial charge in [-0.05, 0) is 73.5 Å². The molecule has 4 rings (SSSR count). The smallest absolute Gasteiger partial charge is 0.149 e. The van der Waals surface area contributed by atoms with Crippen LogP contribution in [0.2, 0.25) is 0 Å². The third kappa shape index (κ3) is 4.87. The maximum atomic E-state index is 13.5. The molecular weight excluding hydrogens is 415 g/mol. The van der Waals surface area contributed by atoms with E-state index in [4.69, 9.17) is 14.5 Å². The molecule has 0 saturated heterocycles. The number of benzene rings is 2. The Morgan fingerprint density at radius 2 is 1.94 bits per heavy atom. The Balaban J connectivity index is 1.51. The van der Waals surface area contributed by atoms with E-state index in [1.165, 1.54) is 12.1 Å². The molecule has 0 aliphatic carbocycles. The fraction of sp³-hybridized carbons (Fsp3) is 0.321. The van der Waals surface area contributed by atoms with Gasteiger partial charge in [0.05, 0.1) is 13.2 Å². The first kappa shape index (κ1) is 22.8. The number of aromatic nitrogens is 1. The molecule has 5 heteroatoms. The molecule has 1 aliphatic rings. The SMILES string of the molecule is C=C(NCCc1cc2c(c(-c3ccc(F)cc3)n1)OCC2(C)C)c1ccc(OCC)c(C)c1. The highest BCUT2D eigenvalue weighted by Gasteiger charge is 2.35. The van der Waals surface area contributed by atoms with E-state index < -0.39 is 0 Å². The number of nitrogens with zero attached hydrogens (tertiary/aromatic N) is 1. The summed E-state index contributed by atoms with van der Waals surface area (Å²) in [6.07, 6.45) is 0.729. The van der Waals surface area contributed by atoms with Gasteiger partial charge in [0.15, 0.2) is 0 Å². The van der Waals surface area contributed by atoms with Crippen LogP contribution in [-0.4, -0.2) is 24.7 Å². The first-order chi connectivity index (χ1) is 15.8. The summed E-state index contributed by atoms with van der Waals surface area (Å²) in [6.45, 7) is 14.5. The van der Waals surface area contributed by atoms with Gasteiger partial charge in [-0.3, -0.25) is 0 Å². The van der Waals surface area contributed by atoms with Gasteiger partial charge in [0.25, 0.3) is 0 Å². The van der Waals surface area contributed by atoms with Crippen LogP contribution in [0.5, 0.6) is 11.5 Å². The lowest BCUT2D eigenvalue weighted by molar-refractivity contribution is 0.291. The average Bonchev–Trinajstić information content (AvgIpc) is 3.10. The van der Waals surface area contributed by atoms with Crippen LogP contribution >= 0.6 is 0 Å². The zero-order valence-electron chi connectivity index (χ0n) is 19.8. The van der Waals surface area contributed by atoms with E-state index in [2.05, 4.69) is 37.9 Å². The second kappa shape index (κ2) is 9.26. The van der Waals surface area contributed by atoms with Crippen molar-refractivity contribution >= 4 is 5.70 Å². The van der Waals surface area contributed by atoms with Crippen LogP contribution < -0.4 is 14.8 Å². The van der Waals surface area contributed by atoms with Crippen LogP contribution in [0.15, 0.2) is 55.1 Å². The molecular formula is C28H31FN2O2. The molecule has 1 N–H and O–H groups in total. The zero-order valence-corrected chi connectivity index (χ0v) is 19.8. The molecule has 0 radical (unpaired) electrons. The van der Waals surface area contributed by atoms with Crippen LogP contribution in [0.1, 0.15) is 43.2 Å². The third-order valence-electron chi connectivity index (χ3n) is 5.99. The first-order valence-corrected chi connectivity index (χ1v) is 11.4. The summed E-state index contributed by atoms with van der Waals surface area (Å²) < 4.78 is 25.1. The Labute approximate surface area is 195 Å². The number of rotatable bonds is 8. The third-order valence-corrected chi connectivity index (χ3v) is 5.99. The molecule has 0 bridgehead atoms. The van der Waals surface area contributed by atoms with Gasteiger partial charge in [-0.15, -0.1) is 0 Å². The Bertz CT molecular complexity index is 1170. The number of ether oxygens (including phenoxy) is 2. The summed E-state index contributed by atoms with van der Waals surface area (Å²) >= 11 is 0. The van der Waals surface area contributed by atoms with Crippen molar-refractivity contribution in [1.82, 2.24) is 10.3 Å². The Kier molecular flexibility index (Phi) is 6.41. The molecule has 2 aromatic carbocycles. The molecule has 172 valence electrons. The van der Waals surface area contributed by atoms with E-state index in [0.29, 0.717) is 19.8 Å². The molecule has 0 spiro atoms. The minimum absolute atomic E-state index is 0.0985. The summed E-state index contributed by atoms with van der Waals surface area (Å²) in [5.74, 6) is 1.44. The normalized spacial score (nSPS) is 13.8. The standard InChI is InChI=1S/C28H31FN2O2/c1-6-32-25-12-9-21(15-18(25)2)19(3)30-14-13-23-16-24-27(33-17-28(24,4)5)26(31-23)20-7-10-22(29)11-8-20/h7-12,15-16,30H,3,6,13-14,17H2,1-2,4-5H3. The molecule has 3 aromatic rings. The van der Waals surface area contributed by atoms with Crippen molar-refractivity contribution in [3.63, 3.8) is 0 Å². The molecule has 33 heavy (non-hydrogen) atoms. The summed E-state index contributed by atoms with van der Waals surface area (Å²) in [5, 5.41) is 3.43. The van der Waals surface area contributed by atoms with Crippen molar-refractivity contribution in [3.05, 3.63) is 83.3 Å². The van der Waals surface area contributed by atoms with E-state index in [1.54, 1.807) is 12.1 Å². The van der Waals surface area contributed by atoms with Gasteiger partial charge in [-0.1, -0.05) is 20.4 Å². The Morgan fingerprint density at radius 1 is 1.18 bits per heavy atom. The van der Waals surface area contributed by atoms with Crippen LogP contribution in [0.25, 0.3) is 17.0 Å². The second-order valence-corrected chi connectivity index (χ2v) is 9.09. The quantitative estimate of drug-likeness (QED) is 0.456. The van der Waals surface area contributed by atoms with Crippen molar-refractivity contribution in [2.45, 2.75) is 39.5 Å². The fourth-order valence-corrected chi connectivity index (χ4v) is 4.10. The highest BCUT2D eigenvalue weighted by Crippen LogP contribution is 2.44. The van der Waals surface area contributed by atoms with Crippen LogP contribution in [0.4, 0.5) is 4.39 Å². The van der Waals surface area contributed by atoms with Crippen molar-refractivity contribution in [2.24, 2.45) is 0 Å². The van der Waals surface area contributed by atoms with E-state index >= 15 is 0 Å². The van der Waals surface area contributed by atoms with Crippen LogP contribution in [-0.2, 0) is 11.8 Å². The van der Waals surface area contributed by atoms with E-state index in [0.717, 1.165) is 57.3 Å². The number of nitrogens with one attached hydrogen (secondary N) is 1. The molecule has 0 fully saturated rings. The molecule has 0 atom stereocenters. The van der Waals surface area contributed by atoms with E-state index in [-0.39, 0.29) is 11.2 Å². The largest absolute Gasteiger partial charge is 0.494 e. The lowest BCUT2D eigenvalue weighted by atomic mass is 9.86. The minimum atomic E-state index is -0.264. The van der Waals surface area contributed by atoms with Gasteiger partial charge in [0.1, 0.15) is 23.0 Å². The average molecular weight is 447 g/mol. The van der Waals surface area contributed by atoms with Crippen molar-refractivity contribution < 1.29 is 13.9 Å². The predicted octanol–water partition coefficient (Wildman–Crippen LogP) is 6.07. The summed E-state index contributed by atoms with van der Waals surface area (Å²) in [5.41, 5.74) is 6.64. The van der Waals surface area contributed by atoms with Crippen LogP contribution in [0.3, 0.4) is 0 Å². The number of fused-ring (bicyclic) bond motifs is 1. The van der Waals surface area contributed by atoms with Crippen molar-refractivity contribution in [1.29, 1.82) is 0 Å². The molecule has 1 aliphatic heterocycles. The van der Waals surface area contributed by atoms with Crippen molar-refractivity contribution in [2.75, 3.05) is 19.8 Å². The van der Waals surface area contributed by atoms with Crippen molar-refractivity contribution in [3.8, 4) is 22.8 Å². The van der Waals surface area contributed by atoms with Gasteiger partial charge in [-0.2, -0.15) is 0 Å². The van der Waals surface area contributed by atoms with Gasteiger partial charge in [0, 0.05) is 40.9 Å². The Hall–Kier alpha value is -3.34. The fourth-order valence-electron chi connectivity index (χ4n) is 4.10. The van der Waals surface area contributed by atoms with E-state index in [1.807, 2.05) is 26.0 Å². The monoisotopic (exact) mass is 446 g/mol. The molecule has 4 nitrogen and oxygen atoms in total. The highest BCUT2D eigenvalue weighted by molar-refractivity contribution is 5.70. The van der Waals surface area contributed by atoms with Crippen LogP contribution in [0, 0.1) is 12.7 Å². The molecule has 0 unspecified atom stereocenters. The summed E-state index contributed by atoms with van der Waals surface area (Å²) in [4.78, 5) is 4.89. The molecule has 0 amide bonds. The molecule has 0 saturated carbocycles. The molecule has 2 heterocycles. The Morgan fingerprint density at radius 3 is 2.64 bits per heavy atom. The molecule has 1 aromatic heterocycles. The number of aryl methyl sites for hydroxylation is 1. The number of pyridine rings is 1. The van der Waals surface area contributed by atoms with E-state index in [9.17, 15) is 4.39 Å². The number of hydrogen-bond donors (Lipinski definition) is 1. The lowest BCUT2D eigenvalue weighted by Gasteiger charge is -2.17. The highest BCUT2D eigenvalue weighted by atomic mass is 19.1. The summed E-state index contributed by atoms with van der Waals surface area (Å²) in [6, 6.07) is 14.7. The minimum Gasteiger partial charge on any atom is -0.494 e. The second-order valence-electron chi connectivity index (χ2n) is 9.09. The van der Waals surface area contributed by atoms with Gasteiger partial charge in [-0.25, -0.2) is 9.37 Å². The number of halogens is 1.